The number of anilines is 1. The van der Waals surface area contributed by atoms with E-state index in [1.165, 1.54) is 11.8 Å². The Morgan fingerprint density at radius 3 is 2.25 bits per heavy atom. The van der Waals surface area contributed by atoms with Gasteiger partial charge in [-0.2, -0.15) is 0 Å². The molecule has 1 aromatic carbocycles. The summed E-state index contributed by atoms with van der Waals surface area (Å²) in [6.07, 6.45) is 1.26. The van der Waals surface area contributed by atoms with Crippen molar-refractivity contribution in [2.24, 2.45) is 0 Å². The van der Waals surface area contributed by atoms with Gasteiger partial charge in [-0.3, -0.25) is 9.59 Å². The van der Waals surface area contributed by atoms with E-state index in [0.29, 0.717) is 57.0 Å². The Kier molecular flexibility index (Phi) is 6.31. The summed E-state index contributed by atoms with van der Waals surface area (Å²) < 4.78 is 16.3. The Morgan fingerprint density at radius 2 is 1.71 bits per heavy atom. The van der Waals surface area contributed by atoms with Gasteiger partial charge in [-0.25, -0.2) is 4.79 Å². The van der Waals surface area contributed by atoms with Gasteiger partial charge in [0.1, 0.15) is 6.54 Å². The van der Waals surface area contributed by atoms with Crippen molar-refractivity contribution in [1.82, 2.24) is 4.90 Å². The molecule has 2 aliphatic rings. The molecule has 0 radical (unpaired) electrons. The predicted octanol–water partition coefficient (Wildman–Crippen LogP) is 1.58. The van der Waals surface area contributed by atoms with Crippen LogP contribution in [0.25, 0.3) is 0 Å². The van der Waals surface area contributed by atoms with Crippen LogP contribution in [-0.2, 0) is 23.8 Å². The van der Waals surface area contributed by atoms with Crippen LogP contribution in [-0.4, -0.2) is 67.9 Å². The number of rotatable bonds is 5. The number of esters is 1. The molecule has 0 bridgehead atoms. The molecule has 8 nitrogen and oxygen atoms in total. The minimum absolute atomic E-state index is 0.0528. The zero-order valence-electron chi connectivity index (χ0n) is 16.3. The highest BCUT2D eigenvalue weighted by Crippen LogP contribution is 2.31. The largest absolute Gasteiger partial charge is 0.462 e. The molecule has 2 amide bonds. The van der Waals surface area contributed by atoms with E-state index in [4.69, 9.17) is 14.2 Å². The van der Waals surface area contributed by atoms with Gasteiger partial charge in [-0.15, -0.1) is 0 Å². The van der Waals surface area contributed by atoms with Crippen molar-refractivity contribution in [3.63, 3.8) is 0 Å². The van der Waals surface area contributed by atoms with Crippen molar-refractivity contribution < 1.29 is 28.6 Å². The van der Waals surface area contributed by atoms with E-state index in [2.05, 4.69) is 0 Å². The summed E-state index contributed by atoms with van der Waals surface area (Å²) in [4.78, 5) is 39.7. The van der Waals surface area contributed by atoms with Crippen LogP contribution >= 0.6 is 0 Å². The van der Waals surface area contributed by atoms with Crippen LogP contribution in [0.5, 0.6) is 0 Å². The van der Waals surface area contributed by atoms with E-state index >= 15 is 0 Å². The number of benzene rings is 1. The number of nitrogens with zero attached hydrogens (tertiary/aromatic N) is 2. The summed E-state index contributed by atoms with van der Waals surface area (Å²) in [6, 6.07) is 6.47. The van der Waals surface area contributed by atoms with Gasteiger partial charge >= 0.3 is 5.97 Å². The SMILES string of the molecule is CCOC(=O)c1ccc(N(CC(=O)N2CCC3(CC2)OCCO3)C(C)=O)cc1. The van der Waals surface area contributed by atoms with Gasteiger partial charge in [0.15, 0.2) is 5.79 Å². The zero-order chi connectivity index (χ0) is 20.1. The van der Waals surface area contributed by atoms with Crippen molar-refractivity contribution in [2.45, 2.75) is 32.5 Å². The van der Waals surface area contributed by atoms with Gasteiger partial charge in [0.05, 0.1) is 25.4 Å². The lowest BCUT2D eigenvalue weighted by Gasteiger charge is -2.38. The lowest BCUT2D eigenvalue weighted by Crippen LogP contribution is -2.50. The topological polar surface area (TPSA) is 85.4 Å². The van der Waals surface area contributed by atoms with Crippen molar-refractivity contribution in [3.8, 4) is 0 Å². The third-order valence-electron chi connectivity index (χ3n) is 5.06. The Bertz CT molecular complexity index is 717. The maximum absolute atomic E-state index is 12.7. The first-order valence-corrected chi connectivity index (χ1v) is 9.55. The van der Waals surface area contributed by atoms with E-state index in [1.807, 2.05) is 0 Å². The molecule has 2 heterocycles. The molecule has 0 N–H and O–H groups in total. The molecule has 28 heavy (non-hydrogen) atoms. The quantitative estimate of drug-likeness (QED) is 0.710. The van der Waals surface area contributed by atoms with Gasteiger partial charge in [0, 0.05) is 38.5 Å². The van der Waals surface area contributed by atoms with Crippen LogP contribution in [0, 0.1) is 0 Å². The predicted molar refractivity (Wildman–Crippen MR) is 101 cm³/mol. The maximum Gasteiger partial charge on any atom is 0.338 e. The Morgan fingerprint density at radius 1 is 1.11 bits per heavy atom. The van der Waals surface area contributed by atoms with Crippen LogP contribution < -0.4 is 4.90 Å². The summed E-state index contributed by atoms with van der Waals surface area (Å²) in [5.41, 5.74) is 0.961. The summed E-state index contributed by atoms with van der Waals surface area (Å²) in [7, 11) is 0. The van der Waals surface area contributed by atoms with Gasteiger partial charge in [-0.05, 0) is 31.2 Å². The zero-order valence-corrected chi connectivity index (χ0v) is 16.3. The summed E-state index contributed by atoms with van der Waals surface area (Å²) >= 11 is 0. The third-order valence-corrected chi connectivity index (χ3v) is 5.06. The second-order valence-electron chi connectivity index (χ2n) is 6.86. The molecule has 0 unspecified atom stereocenters. The fraction of sp³-hybridized carbons (Fsp3) is 0.550. The van der Waals surface area contributed by atoms with E-state index in [9.17, 15) is 14.4 Å². The summed E-state index contributed by atoms with van der Waals surface area (Å²) in [6.45, 7) is 5.64. The molecule has 1 spiro atoms. The molecule has 0 aliphatic carbocycles. The van der Waals surface area contributed by atoms with Crippen LogP contribution in [0.4, 0.5) is 5.69 Å². The van der Waals surface area contributed by atoms with Crippen molar-refractivity contribution in [2.75, 3.05) is 44.4 Å². The van der Waals surface area contributed by atoms with E-state index in [0.717, 1.165) is 0 Å². The number of carbonyl (C=O) groups excluding carboxylic acids is 3. The first-order valence-electron chi connectivity index (χ1n) is 9.55. The molecular weight excluding hydrogens is 364 g/mol. The van der Waals surface area contributed by atoms with E-state index in [-0.39, 0.29) is 18.4 Å². The first kappa shape index (κ1) is 20.3. The lowest BCUT2D eigenvalue weighted by molar-refractivity contribution is -0.187. The third kappa shape index (κ3) is 4.51. The molecular formula is C20H26N2O6. The highest BCUT2D eigenvalue weighted by atomic mass is 16.7. The molecule has 2 fully saturated rings. The number of likely N-dealkylation sites (tertiary alicyclic amines) is 1. The van der Waals surface area contributed by atoms with Gasteiger partial charge in [-0.1, -0.05) is 0 Å². The van der Waals surface area contributed by atoms with Crippen LogP contribution in [0.1, 0.15) is 37.0 Å². The Balaban J connectivity index is 1.62. The fourth-order valence-corrected chi connectivity index (χ4v) is 3.49. The molecule has 3 rings (SSSR count). The van der Waals surface area contributed by atoms with Gasteiger partial charge in [0.2, 0.25) is 11.8 Å². The molecule has 2 aliphatic heterocycles. The number of piperidine rings is 1. The van der Waals surface area contributed by atoms with Crippen molar-refractivity contribution >= 4 is 23.5 Å². The first-order chi connectivity index (χ1) is 13.4. The molecule has 0 aromatic heterocycles. The molecule has 0 saturated carbocycles. The van der Waals surface area contributed by atoms with Crippen LogP contribution in [0.2, 0.25) is 0 Å². The number of ether oxygens (including phenoxy) is 3. The molecule has 152 valence electrons. The van der Waals surface area contributed by atoms with Crippen LogP contribution in [0.3, 0.4) is 0 Å². The van der Waals surface area contributed by atoms with Gasteiger partial charge in [0.25, 0.3) is 0 Å². The minimum Gasteiger partial charge on any atom is -0.462 e. The smallest absolute Gasteiger partial charge is 0.338 e. The van der Waals surface area contributed by atoms with Gasteiger partial charge < -0.3 is 24.0 Å². The average molecular weight is 390 g/mol. The molecule has 2 saturated heterocycles. The normalized spacial score (nSPS) is 18.1. The van der Waals surface area contributed by atoms with Crippen molar-refractivity contribution in [1.29, 1.82) is 0 Å². The second-order valence-corrected chi connectivity index (χ2v) is 6.86. The molecule has 1 aromatic rings. The number of amides is 2. The van der Waals surface area contributed by atoms with Crippen LogP contribution in [0.15, 0.2) is 24.3 Å². The molecule has 0 atom stereocenters. The standard InChI is InChI=1S/C20H26N2O6/c1-3-26-19(25)16-4-6-17(7-5-16)22(15(2)23)14-18(24)21-10-8-20(9-11-21)27-12-13-28-20/h4-7H,3,8-14H2,1-2H3. The van der Waals surface area contributed by atoms with Crippen molar-refractivity contribution in [3.05, 3.63) is 29.8 Å². The van der Waals surface area contributed by atoms with E-state index in [1.54, 1.807) is 36.1 Å². The minimum atomic E-state index is -0.542. The number of hydrogen-bond donors (Lipinski definition) is 0. The highest BCUT2D eigenvalue weighted by molar-refractivity contribution is 5.98. The summed E-state index contributed by atoms with van der Waals surface area (Å²) in [5.74, 6) is -1.33. The average Bonchev–Trinajstić information content (AvgIpc) is 3.14. The number of hydrogen-bond acceptors (Lipinski definition) is 6. The monoisotopic (exact) mass is 390 g/mol. The fourth-order valence-electron chi connectivity index (χ4n) is 3.49. The maximum atomic E-state index is 12.7. The Hall–Kier alpha value is -2.45. The lowest BCUT2D eigenvalue weighted by atomic mass is 10.0. The molecule has 8 heteroatoms. The highest BCUT2D eigenvalue weighted by Gasteiger charge is 2.40. The number of carbonyl (C=O) groups is 3. The second kappa shape index (κ2) is 8.70. The Labute approximate surface area is 164 Å². The summed E-state index contributed by atoms with van der Waals surface area (Å²) in [5, 5.41) is 0. The van der Waals surface area contributed by atoms with E-state index < -0.39 is 11.8 Å².